The molecule has 0 bridgehead atoms. The highest BCUT2D eigenvalue weighted by Gasteiger charge is 2.22. The van der Waals surface area contributed by atoms with Gasteiger partial charge in [0.15, 0.2) is 0 Å². The van der Waals surface area contributed by atoms with Gasteiger partial charge in [0.25, 0.3) is 0 Å². The molecule has 1 aromatic carbocycles. The summed E-state index contributed by atoms with van der Waals surface area (Å²) in [5.74, 6) is -1.51. The van der Waals surface area contributed by atoms with Crippen LogP contribution in [0, 0.1) is 5.92 Å². The Bertz CT molecular complexity index is 619. The van der Waals surface area contributed by atoms with Crippen LogP contribution < -0.4 is 0 Å². The molecule has 28 heavy (non-hydrogen) atoms. The normalized spacial score (nSPS) is 11.1. The third kappa shape index (κ3) is 8.45. The third-order valence-corrected chi connectivity index (χ3v) is 5.36. The van der Waals surface area contributed by atoms with Crippen molar-refractivity contribution in [2.24, 2.45) is 5.92 Å². The van der Waals surface area contributed by atoms with Crippen molar-refractivity contribution in [3.8, 4) is 0 Å². The van der Waals surface area contributed by atoms with Crippen LogP contribution in [-0.2, 0) is 12.8 Å². The van der Waals surface area contributed by atoms with E-state index in [2.05, 4.69) is 20.8 Å². The number of aromatic carboxylic acids is 2. The first kappa shape index (κ1) is 24.2. The summed E-state index contributed by atoms with van der Waals surface area (Å²) < 4.78 is 0. The molecule has 4 nitrogen and oxygen atoms in total. The van der Waals surface area contributed by atoms with E-state index in [1.54, 1.807) is 0 Å². The van der Waals surface area contributed by atoms with E-state index in [1.165, 1.54) is 38.2 Å². The zero-order valence-electron chi connectivity index (χ0n) is 17.9. The largest absolute Gasteiger partial charge is 0.478 e. The lowest BCUT2D eigenvalue weighted by Gasteiger charge is -2.15. The van der Waals surface area contributed by atoms with E-state index in [1.807, 2.05) is 6.07 Å². The number of carbonyl (C=O) groups is 2. The highest BCUT2D eigenvalue weighted by atomic mass is 16.4. The Kier molecular flexibility index (Phi) is 11.5. The van der Waals surface area contributed by atoms with Crippen molar-refractivity contribution in [2.45, 2.75) is 97.8 Å². The first-order chi connectivity index (χ1) is 13.4. The van der Waals surface area contributed by atoms with E-state index >= 15 is 0 Å². The van der Waals surface area contributed by atoms with Gasteiger partial charge in [-0.15, -0.1) is 0 Å². The number of hydrogen-bond acceptors (Lipinski definition) is 2. The topological polar surface area (TPSA) is 74.6 Å². The van der Waals surface area contributed by atoms with Crippen molar-refractivity contribution in [2.75, 3.05) is 0 Å². The molecule has 4 heteroatoms. The zero-order valence-corrected chi connectivity index (χ0v) is 17.9. The highest BCUT2D eigenvalue weighted by Crippen LogP contribution is 2.24. The molecule has 0 aromatic heterocycles. The molecule has 0 heterocycles. The third-order valence-electron chi connectivity index (χ3n) is 5.36. The Labute approximate surface area is 170 Å². The van der Waals surface area contributed by atoms with E-state index in [4.69, 9.17) is 0 Å². The van der Waals surface area contributed by atoms with Crippen LogP contribution in [0.15, 0.2) is 12.1 Å². The van der Waals surface area contributed by atoms with Gasteiger partial charge in [0.1, 0.15) is 0 Å². The van der Waals surface area contributed by atoms with Crippen LogP contribution in [0.5, 0.6) is 0 Å². The first-order valence-electron chi connectivity index (χ1n) is 11.0. The molecule has 0 atom stereocenters. The van der Waals surface area contributed by atoms with Crippen molar-refractivity contribution in [1.29, 1.82) is 0 Å². The number of carboxylic acids is 2. The lowest BCUT2D eigenvalue weighted by atomic mass is 9.89. The monoisotopic (exact) mass is 390 g/mol. The summed E-state index contributed by atoms with van der Waals surface area (Å²) in [7, 11) is 0. The molecule has 1 aromatic rings. The van der Waals surface area contributed by atoms with Crippen molar-refractivity contribution in [1.82, 2.24) is 0 Å². The summed E-state index contributed by atoms with van der Waals surface area (Å²) in [5.41, 5.74) is 1.64. The van der Waals surface area contributed by atoms with E-state index < -0.39 is 11.9 Å². The van der Waals surface area contributed by atoms with E-state index in [9.17, 15) is 19.8 Å². The fraction of sp³-hybridized carbons (Fsp3) is 0.667. The van der Waals surface area contributed by atoms with Crippen LogP contribution in [0.2, 0.25) is 0 Å². The first-order valence-corrected chi connectivity index (χ1v) is 11.0. The second-order valence-corrected chi connectivity index (χ2v) is 8.25. The second-order valence-electron chi connectivity index (χ2n) is 8.25. The number of benzene rings is 1. The minimum atomic E-state index is -1.16. The summed E-state index contributed by atoms with van der Waals surface area (Å²) in [6.07, 6.45) is 13.0. The van der Waals surface area contributed by atoms with Gasteiger partial charge in [-0.3, -0.25) is 0 Å². The summed E-state index contributed by atoms with van der Waals surface area (Å²) in [4.78, 5) is 23.3. The summed E-state index contributed by atoms with van der Waals surface area (Å²) in [6.45, 7) is 6.63. The van der Waals surface area contributed by atoms with Gasteiger partial charge in [-0.05, 0) is 48.8 Å². The maximum absolute atomic E-state index is 11.8. The Morgan fingerprint density at radius 1 is 0.821 bits per heavy atom. The Morgan fingerprint density at radius 2 is 1.43 bits per heavy atom. The summed E-state index contributed by atoms with van der Waals surface area (Å²) >= 11 is 0. The van der Waals surface area contributed by atoms with Crippen LogP contribution in [0.3, 0.4) is 0 Å². The molecule has 0 amide bonds. The molecule has 0 radical (unpaired) electrons. The molecule has 2 N–H and O–H groups in total. The highest BCUT2D eigenvalue weighted by molar-refractivity contribution is 6.03. The summed E-state index contributed by atoms with van der Waals surface area (Å²) in [5, 5.41) is 19.0. The van der Waals surface area contributed by atoms with Crippen LogP contribution in [-0.4, -0.2) is 22.2 Å². The standard InChI is InChI=1S/C24H38O4/c1-4-5-14-19-16-17-21(23(25)26)22(24(27)28)20(19)15-12-10-8-6-7-9-11-13-18(2)3/h16-18H,4-15H2,1-3H3,(H,25,26)(H,27,28). The Morgan fingerprint density at radius 3 is 1.96 bits per heavy atom. The van der Waals surface area contributed by atoms with Crippen LogP contribution in [0.25, 0.3) is 0 Å². The van der Waals surface area contributed by atoms with Crippen molar-refractivity contribution >= 4 is 11.9 Å². The molecule has 0 aliphatic carbocycles. The lowest BCUT2D eigenvalue weighted by Crippen LogP contribution is -2.14. The predicted molar refractivity (Wildman–Crippen MR) is 114 cm³/mol. The SMILES string of the molecule is CCCCc1ccc(C(=O)O)c(C(=O)O)c1CCCCCCCCCC(C)C. The smallest absolute Gasteiger partial charge is 0.336 e. The molecule has 0 aliphatic rings. The average Bonchev–Trinajstić information content (AvgIpc) is 2.64. The fourth-order valence-corrected chi connectivity index (χ4v) is 3.74. The molecular weight excluding hydrogens is 352 g/mol. The van der Waals surface area contributed by atoms with Crippen molar-refractivity contribution in [3.63, 3.8) is 0 Å². The van der Waals surface area contributed by atoms with Gasteiger partial charge in [-0.25, -0.2) is 9.59 Å². The Hall–Kier alpha value is -1.84. The van der Waals surface area contributed by atoms with Gasteiger partial charge in [0, 0.05) is 0 Å². The van der Waals surface area contributed by atoms with Gasteiger partial charge in [0.05, 0.1) is 11.1 Å². The Balaban J connectivity index is 2.65. The molecular formula is C24H38O4. The number of aryl methyl sites for hydroxylation is 1. The molecule has 0 saturated heterocycles. The van der Waals surface area contributed by atoms with Gasteiger partial charge in [-0.2, -0.15) is 0 Å². The van der Waals surface area contributed by atoms with Crippen molar-refractivity contribution in [3.05, 3.63) is 34.4 Å². The van der Waals surface area contributed by atoms with Gasteiger partial charge in [0.2, 0.25) is 0 Å². The molecule has 158 valence electrons. The molecule has 0 spiro atoms. The van der Waals surface area contributed by atoms with Gasteiger partial charge < -0.3 is 10.2 Å². The van der Waals surface area contributed by atoms with E-state index in [0.29, 0.717) is 6.42 Å². The maximum atomic E-state index is 11.8. The van der Waals surface area contributed by atoms with Crippen LogP contribution in [0.1, 0.15) is 117 Å². The number of carboxylic acid groups (broad SMARTS) is 2. The maximum Gasteiger partial charge on any atom is 0.336 e. The molecule has 0 aliphatic heterocycles. The zero-order chi connectivity index (χ0) is 20.9. The lowest BCUT2D eigenvalue weighted by molar-refractivity contribution is 0.0650. The molecule has 0 saturated carbocycles. The van der Waals surface area contributed by atoms with Crippen LogP contribution in [0.4, 0.5) is 0 Å². The van der Waals surface area contributed by atoms with E-state index in [0.717, 1.165) is 55.6 Å². The van der Waals surface area contributed by atoms with Crippen LogP contribution >= 0.6 is 0 Å². The van der Waals surface area contributed by atoms with E-state index in [-0.39, 0.29) is 11.1 Å². The minimum absolute atomic E-state index is 0.00483. The van der Waals surface area contributed by atoms with Gasteiger partial charge >= 0.3 is 11.9 Å². The fourth-order valence-electron chi connectivity index (χ4n) is 3.74. The minimum Gasteiger partial charge on any atom is -0.478 e. The molecule has 1 rings (SSSR count). The molecule has 0 fully saturated rings. The number of unbranched alkanes of at least 4 members (excludes halogenated alkanes) is 7. The van der Waals surface area contributed by atoms with Gasteiger partial charge in [-0.1, -0.05) is 78.2 Å². The van der Waals surface area contributed by atoms with Crippen molar-refractivity contribution < 1.29 is 19.8 Å². The molecule has 0 unspecified atom stereocenters. The summed E-state index contributed by atoms with van der Waals surface area (Å²) in [6, 6.07) is 3.27. The quantitative estimate of drug-likeness (QED) is 0.325. The predicted octanol–water partition coefficient (Wildman–Crippen LogP) is 6.74. The number of hydrogen-bond donors (Lipinski definition) is 2. The average molecular weight is 391 g/mol. The number of rotatable bonds is 15. The second kappa shape index (κ2) is 13.4.